The van der Waals surface area contributed by atoms with Crippen LogP contribution in [0.2, 0.25) is 0 Å². The molecule has 234 valence electrons. The molecular weight excluding hydrogens is 552 g/mol. The summed E-state index contributed by atoms with van der Waals surface area (Å²) < 4.78 is 54.8. The van der Waals surface area contributed by atoms with Crippen LogP contribution in [-0.2, 0) is 42.7 Å². The average Bonchev–Trinajstić information content (AvgIpc) is 3.42. The van der Waals surface area contributed by atoms with Crippen molar-refractivity contribution in [2.24, 2.45) is 0 Å². The topological polar surface area (TPSA) is 141 Å². The molecule has 1 aromatic carbocycles. The molecule has 5 rings (SSSR count). The van der Waals surface area contributed by atoms with Crippen LogP contribution in [0.15, 0.2) is 24.3 Å². The lowest BCUT2D eigenvalue weighted by Crippen LogP contribution is -2.62. The Balaban J connectivity index is 1.30. The number of phenols is 1. The third-order valence-electron chi connectivity index (χ3n) is 7.85. The lowest BCUT2D eigenvalue weighted by molar-refractivity contribution is -0.316. The first-order valence-corrected chi connectivity index (χ1v) is 14.3. The maximum Gasteiger partial charge on any atom is 0.331 e. The van der Waals surface area contributed by atoms with E-state index in [-0.39, 0.29) is 18.5 Å². The Labute approximate surface area is 245 Å². The van der Waals surface area contributed by atoms with Crippen LogP contribution in [0.4, 0.5) is 0 Å². The van der Waals surface area contributed by atoms with Gasteiger partial charge in [-0.15, -0.1) is 0 Å². The highest BCUT2D eigenvalue weighted by atomic mass is 16.8. The van der Waals surface area contributed by atoms with Crippen molar-refractivity contribution in [1.29, 1.82) is 0 Å². The van der Waals surface area contributed by atoms with Crippen molar-refractivity contribution in [2.75, 3.05) is 13.7 Å². The van der Waals surface area contributed by atoms with Crippen LogP contribution in [-0.4, -0.2) is 103 Å². The predicted molar refractivity (Wildman–Crippen MR) is 146 cm³/mol. The van der Waals surface area contributed by atoms with Crippen LogP contribution in [0.25, 0.3) is 6.08 Å². The van der Waals surface area contributed by atoms with Crippen LogP contribution >= 0.6 is 0 Å². The molecule has 0 saturated carbocycles. The van der Waals surface area contributed by atoms with E-state index in [9.17, 15) is 15.0 Å². The number of carbonyl (C=O) groups excluding carboxylic acids is 1. The minimum Gasteiger partial charge on any atom is -0.504 e. The summed E-state index contributed by atoms with van der Waals surface area (Å²) in [5.74, 6) is -2.14. The van der Waals surface area contributed by atoms with Crippen molar-refractivity contribution in [3.8, 4) is 11.5 Å². The number of hydrogen-bond donors (Lipinski definition) is 2. The number of rotatable bonds is 8. The second kappa shape index (κ2) is 12.0. The molecule has 0 spiro atoms. The zero-order valence-corrected chi connectivity index (χ0v) is 25.1. The van der Waals surface area contributed by atoms with E-state index in [1.165, 1.54) is 19.3 Å². The van der Waals surface area contributed by atoms with Gasteiger partial charge in [0.15, 0.2) is 35.5 Å². The van der Waals surface area contributed by atoms with Gasteiger partial charge in [-0.05, 0) is 71.7 Å². The summed E-state index contributed by atoms with van der Waals surface area (Å²) in [7, 11) is 1.45. The number of methoxy groups -OCH3 is 1. The summed E-state index contributed by atoms with van der Waals surface area (Å²) in [5.41, 5.74) is 0.645. The molecule has 0 amide bonds. The van der Waals surface area contributed by atoms with Gasteiger partial charge in [0.1, 0.15) is 30.5 Å². The molecule has 42 heavy (non-hydrogen) atoms. The van der Waals surface area contributed by atoms with E-state index in [2.05, 4.69) is 0 Å². The number of benzene rings is 1. The first-order chi connectivity index (χ1) is 19.8. The molecule has 4 aliphatic heterocycles. The average molecular weight is 595 g/mol. The molecule has 0 aromatic heterocycles. The van der Waals surface area contributed by atoms with Gasteiger partial charge in [-0.3, -0.25) is 0 Å². The minimum absolute atomic E-state index is 0.000343. The maximum atomic E-state index is 12.9. The number of ether oxygens (including phenoxy) is 9. The Morgan fingerprint density at radius 3 is 2.21 bits per heavy atom. The molecule has 12 nitrogen and oxygen atoms in total. The smallest absolute Gasteiger partial charge is 0.331 e. The highest BCUT2D eigenvalue weighted by molar-refractivity contribution is 5.87. The normalized spacial score (nSPS) is 38.7. The molecule has 4 saturated heterocycles. The Morgan fingerprint density at radius 1 is 0.929 bits per heavy atom. The van der Waals surface area contributed by atoms with Gasteiger partial charge in [-0.2, -0.15) is 0 Å². The quantitative estimate of drug-likeness (QED) is 0.338. The van der Waals surface area contributed by atoms with Gasteiger partial charge in [0.05, 0.1) is 25.4 Å². The zero-order valence-electron chi connectivity index (χ0n) is 25.1. The molecule has 0 bridgehead atoms. The molecule has 4 aliphatic rings. The summed E-state index contributed by atoms with van der Waals surface area (Å²) in [6.07, 6.45) is -2.59. The molecule has 0 aliphatic carbocycles. The molecule has 10 unspecified atom stereocenters. The first kappa shape index (κ1) is 31.1. The number of fused-ring (bicyclic) bond motifs is 2. The molecular formula is C30H42O12. The standard InChI is InChI=1S/C30H42O12/c1-15-23(25-24(19(35-15)12-13-31)39-29(3,4)40-25)38-28-27-26(41-30(5,6)42-27)22(16(2)36-28)37-21(33)11-9-17-8-10-18(32)20(14-17)34-7/h8-11,14-16,19,22-28,31-32H,12-13H2,1-7H3/b11-9+. The molecule has 1 aromatic rings. The predicted octanol–water partition coefficient (Wildman–Crippen LogP) is 2.67. The lowest BCUT2D eigenvalue weighted by atomic mass is 9.93. The van der Waals surface area contributed by atoms with E-state index in [1.807, 2.05) is 20.8 Å². The Morgan fingerprint density at radius 2 is 1.55 bits per heavy atom. The van der Waals surface area contributed by atoms with E-state index < -0.39 is 72.7 Å². The Bertz CT molecular complexity index is 1150. The highest BCUT2D eigenvalue weighted by Gasteiger charge is 2.60. The van der Waals surface area contributed by atoms with Crippen LogP contribution in [0.3, 0.4) is 0 Å². The van der Waals surface area contributed by atoms with Gasteiger partial charge < -0.3 is 52.8 Å². The van der Waals surface area contributed by atoms with Crippen molar-refractivity contribution >= 4 is 12.0 Å². The largest absolute Gasteiger partial charge is 0.504 e. The van der Waals surface area contributed by atoms with Crippen LogP contribution in [0, 0.1) is 0 Å². The number of aliphatic hydroxyl groups excluding tert-OH is 1. The third-order valence-corrected chi connectivity index (χ3v) is 7.85. The Kier molecular flexibility index (Phi) is 8.90. The summed E-state index contributed by atoms with van der Waals surface area (Å²) in [4.78, 5) is 12.9. The number of esters is 1. The molecule has 10 atom stereocenters. The van der Waals surface area contributed by atoms with Gasteiger partial charge in [0.25, 0.3) is 0 Å². The van der Waals surface area contributed by atoms with E-state index in [1.54, 1.807) is 39.0 Å². The van der Waals surface area contributed by atoms with Crippen molar-refractivity contribution < 1.29 is 57.6 Å². The van der Waals surface area contributed by atoms with Gasteiger partial charge in [-0.1, -0.05) is 6.07 Å². The second-order valence-electron chi connectivity index (χ2n) is 12.0. The van der Waals surface area contributed by atoms with E-state index >= 15 is 0 Å². The van der Waals surface area contributed by atoms with Crippen molar-refractivity contribution in [1.82, 2.24) is 0 Å². The van der Waals surface area contributed by atoms with Crippen LogP contribution in [0.5, 0.6) is 11.5 Å². The second-order valence-corrected chi connectivity index (χ2v) is 12.0. The molecule has 4 fully saturated rings. The van der Waals surface area contributed by atoms with Gasteiger partial charge in [0.2, 0.25) is 0 Å². The zero-order chi connectivity index (χ0) is 30.4. The Hall–Kier alpha value is -2.29. The monoisotopic (exact) mass is 594 g/mol. The van der Waals surface area contributed by atoms with Crippen LogP contribution in [0.1, 0.15) is 53.5 Å². The number of aliphatic hydroxyl groups is 1. The van der Waals surface area contributed by atoms with Crippen molar-refractivity contribution in [2.45, 2.75) is 121 Å². The maximum absolute atomic E-state index is 12.9. The van der Waals surface area contributed by atoms with Gasteiger partial charge in [-0.25, -0.2) is 4.79 Å². The van der Waals surface area contributed by atoms with Crippen molar-refractivity contribution in [3.63, 3.8) is 0 Å². The van der Waals surface area contributed by atoms with Crippen molar-refractivity contribution in [3.05, 3.63) is 29.8 Å². The van der Waals surface area contributed by atoms with E-state index in [0.29, 0.717) is 17.7 Å². The summed E-state index contributed by atoms with van der Waals surface area (Å²) >= 11 is 0. The first-order valence-electron chi connectivity index (χ1n) is 14.3. The van der Waals surface area contributed by atoms with Crippen LogP contribution < -0.4 is 4.74 Å². The van der Waals surface area contributed by atoms with E-state index in [0.717, 1.165) is 0 Å². The number of hydrogen-bond acceptors (Lipinski definition) is 12. The summed E-state index contributed by atoms with van der Waals surface area (Å²) in [6, 6.07) is 4.73. The molecule has 0 radical (unpaired) electrons. The third kappa shape index (κ3) is 6.46. The fraction of sp³-hybridized carbons (Fsp3) is 0.700. The molecule has 4 heterocycles. The summed E-state index contributed by atoms with van der Waals surface area (Å²) in [5, 5.41) is 19.4. The van der Waals surface area contributed by atoms with E-state index in [4.69, 9.17) is 42.6 Å². The SMILES string of the molecule is COc1cc(/C=C/C(=O)OC2C(C)OC(OC3C(C)OC(CCO)C4OC(C)(C)OC34)C3OC(C)(C)OC23)ccc1O. The van der Waals surface area contributed by atoms with Gasteiger partial charge in [0, 0.05) is 12.7 Å². The fourth-order valence-electron chi connectivity index (χ4n) is 6.08. The highest BCUT2D eigenvalue weighted by Crippen LogP contribution is 2.43. The number of aromatic hydroxyl groups is 1. The fourth-order valence-corrected chi connectivity index (χ4v) is 6.08. The number of carbonyl (C=O) groups is 1. The number of phenolic OH excluding ortho intramolecular Hbond substituents is 1. The minimum atomic E-state index is -0.980. The lowest BCUT2D eigenvalue weighted by Gasteiger charge is -2.45. The molecule has 12 heteroatoms. The summed E-state index contributed by atoms with van der Waals surface area (Å²) in [6.45, 7) is 10.9. The van der Waals surface area contributed by atoms with Gasteiger partial charge >= 0.3 is 5.97 Å². The molecule has 2 N–H and O–H groups in total.